The molecule has 0 amide bonds. The molecule has 0 aromatic heterocycles. The minimum absolute atomic E-state index is 0.0706. The molecule has 2 saturated heterocycles. The van der Waals surface area contributed by atoms with Gasteiger partial charge in [0.05, 0.1) is 12.7 Å². The van der Waals surface area contributed by atoms with E-state index in [-0.39, 0.29) is 29.9 Å². The Kier molecular flexibility index (Phi) is 9.69. The standard InChI is InChI=1S/C27H34O14/c1-11-20(33)22(35)24(37)26(38-11)41-25-23(36)21(34)18(10-28)40-27(25)39-14-8-16(31)19(17(32)9-14)15(30)7-4-12-2-5-13(29)6-3-12/h2-3,5-6,8-9,11,18,20-29,31-37H,4,7,10H2,1H3/t11-,18+,20+,21-,22-,23-,24-,25+,26+,27-/m0/s1. The molecule has 2 aliphatic heterocycles. The lowest BCUT2D eigenvalue weighted by Crippen LogP contribution is -2.64. The number of Topliss-reactive ketones (excluding diaryl/α,β-unsaturated/α-hetero) is 1. The largest absolute Gasteiger partial charge is 0.508 e. The first-order valence-electron chi connectivity index (χ1n) is 12.9. The van der Waals surface area contributed by atoms with Crippen LogP contribution in [0.5, 0.6) is 23.0 Å². The summed E-state index contributed by atoms with van der Waals surface area (Å²) in [5.74, 6) is -2.00. The summed E-state index contributed by atoms with van der Waals surface area (Å²) in [4.78, 5) is 12.7. The molecule has 2 aliphatic rings. The summed E-state index contributed by atoms with van der Waals surface area (Å²) in [6.45, 7) is 0.675. The van der Waals surface area contributed by atoms with Crippen LogP contribution in [0.2, 0.25) is 0 Å². The summed E-state index contributed by atoms with van der Waals surface area (Å²) >= 11 is 0. The van der Waals surface area contributed by atoms with E-state index in [9.17, 15) is 50.8 Å². The van der Waals surface area contributed by atoms with Crippen molar-refractivity contribution in [1.29, 1.82) is 0 Å². The SMILES string of the molecule is C[C@@H]1O[C@H](O[C@H]2[C@@H](Oc3cc(O)c(C(=O)CCc4ccc(O)cc4)c(O)c3)O[C@H](CO)[C@H](O)[C@@H]2O)[C@@H](O)[C@@H](O)[C@@H]1O. The number of phenolic OH excluding ortho intramolecular Hbond substituents is 3. The average Bonchev–Trinajstić information content (AvgIpc) is 2.93. The monoisotopic (exact) mass is 582 g/mol. The number of phenols is 3. The molecule has 0 spiro atoms. The van der Waals surface area contributed by atoms with Gasteiger partial charge in [0.15, 0.2) is 18.2 Å². The Morgan fingerprint density at radius 1 is 0.829 bits per heavy atom. The second-order valence-electron chi connectivity index (χ2n) is 10.0. The van der Waals surface area contributed by atoms with E-state index < -0.39 is 85.3 Å². The zero-order chi connectivity index (χ0) is 30.0. The van der Waals surface area contributed by atoms with E-state index in [4.69, 9.17) is 18.9 Å². The lowest BCUT2D eigenvalue weighted by Gasteiger charge is -2.45. The maximum Gasteiger partial charge on any atom is 0.229 e. The summed E-state index contributed by atoms with van der Waals surface area (Å²) < 4.78 is 22.2. The summed E-state index contributed by atoms with van der Waals surface area (Å²) in [5, 5.41) is 91.5. The molecule has 14 heteroatoms. The van der Waals surface area contributed by atoms with Gasteiger partial charge in [0, 0.05) is 18.6 Å². The smallest absolute Gasteiger partial charge is 0.229 e. The molecule has 0 unspecified atom stereocenters. The number of aromatic hydroxyl groups is 3. The fourth-order valence-electron chi connectivity index (χ4n) is 4.70. The number of hydrogen-bond donors (Lipinski definition) is 9. The van der Waals surface area contributed by atoms with Crippen LogP contribution in [0.3, 0.4) is 0 Å². The van der Waals surface area contributed by atoms with Crippen molar-refractivity contribution < 1.29 is 69.7 Å². The van der Waals surface area contributed by atoms with Crippen molar-refractivity contribution in [3.63, 3.8) is 0 Å². The highest BCUT2D eigenvalue weighted by molar-refractivity contribution is 6.01. The number of ether oxygens (including phenoxy) is 4. The van der Waals surface area contributed by atoms with E-state index in [1.807, 2.05) is 0 Å². The molecule has 0 bridgehead atoms. The van der Waals surface area contributed by atoms with Crippen LogP contribution >= 0.6 is 0 Å². The highest BCUT2D eigenvalue weighted by Crippen LogP contribution is 2.36. The number of aliphatic hydroxyl groups is 6. The molecule has 9 N–H and O–H groups in total. The quantitative estimate of drug-likeness (QED) is 0.156. The minimum atomic E-state index is -1.77. The van der Waals surface area contributed by atoms with Crippen molar-refractivity contribution in [2.24, 2.45) is 0 Å². The molecule has 2 fully saturated rings. The van der Waals surface area contributed by atoms with Crippen LogP contribution in [0.1, 0.15) is 29.3 Å². The molecule has 2 heterocycles. The van der Waals surface area contributed by atoms with E-state index >= 15 is 0 Å². The molecular weight excluding hydrogens is 548 g/mol. The summed E-state index contributed by atoms with van der Waals surface area (Å²) in [5.41, 5.74) is 0.385. The van der Waals surface area contributed by atoms with Gasteiger partial charge in [-0.1, -0.05) is 12.1 Å². The van der Waals surface area contributed by atoms with Crippen LogP contribution in [0, 0.1) is 0 Å². The number of ketones is 1. The Morgan fingerprint density at radius 2 is 1.46 bits per heavy atom. The van der Waals surface area contributed by atoms with Gasteiger partial charge in [-0.15, -0.1) is 0 Å². The molecule has 0 radical (unpaired) electrons. The number of carbonyl (C=O) groups is 1. The Hall–Kier alpha value is -3.05. The predicted molar refractivity (Wildman–Crippen MR) is 136 cm³/mol. The molecule has 226 valence electrons. The Balaban J connectivity index is 1.52. The van der Waals surface area contributed by atoms with E-state index in [0.717, 1.165) is 17.7 Å². The van der Waals surface area contributed by atoms with Gasteiger partial charge in [-0.2, -0.15) is 0 Å². The number of hydrogen-bond acceptors (Lipinski definition) is 14. The minimum Gasteiger partial charge on any atom is -0.508 e. The maximum atomic E-state index is 12.7. The molecule has 2 aromatic rings. The van der Waals surface area contributed by atoms with Crippen LogP contribution < -0.4 is 4.74 Å². The first kappa shape index (κ1) is 30.9. The predicted octanol–water partition coefficient (Wildman–Crippen LogP) is -1.35. The van der Waals surface area contributed by atoms with Gasteiger partial charge >= 0.3 is 0 Å². The third-order valence-electron chi connectivity index (χ3n) is 7.10. The van der Waals surface area contributed by atoms with Gasteiger partial charge in [0.25, 0.3) is 0 Å². The lowest BCUT2D eigenvalue weighted by atomic mass is 9.97. The van der Waals surface area contributed by atoms with Gasteiger partial charge in [-0.25, -0.2) is 0 Å². The van der Waals surface area contributed by atoms with E-state index in [1.165, 1.54) is 19.1 Å². The van der Waals surface area contributed by atoms with Crippen molar-refractivity contribution in [2.75, 3.05) is 6.61 Å². The van der Waals surface area contributed by atoms with E-state index in [0.29, 0.717) is 0 Å². The zero-order valence-electron chi connectivity index (χ0n) is 21.9. The summed E-state index contributed by atoms with van der Waals surface area (Å²) in [6.07, 6.45) is -15.3. The third-order valence-corrected chi connectivity index (χ3v) is 7.10. The first-order chi connectivity index (χ1) is 19.4. The normalized spacial score (nSPS) is 33.8. The second kappa shape index (κ2) is 12.9. The highest BCUT2D eigenvalue weighted by Gasteiger charge is 2.51. The number of aryl methyl sites for hydroxylation is 1. The molecular formula is C27H34O14. The van der Waals surface area contributed by atoms with Crippen LogP contribution in [0.25, 0.3) is 0 Å². The van der Waals surface area contributed by atoms with E-state index in [1.54, 1.807) is 12.1 Å². The molecule has 0 saturated carbocycles. The fraction of sp³-hybridized carbons (Fsp3) is 0.519. The third kappa shape index (κ3) is 6.72. The number of aliphatic hydroxyl groups excluding tert-OH is 6. The van der Waals surface area contributed by atoms with Crippen LogP contribution in [0.4, 0.5) is 0 Å². The van der Waals surface area contributed by atoms with Crippen molar-refractivity contribution in [3.8, 4) is 23.0 Å². The topological polar surface area (TPSA) is 236 Å². The van der Waals surface area contributed by atoms with E-state index in [2.05, 4.69) is 0 Å². The van der Waals surface area contributed by atoms with Crippen LogP contribution in [-0.4, -0.2) is 120 Å². The molecule has 14 nitrogen and oxygen atoms in total. The average molecular weight is 583 g/mol. The van der Waals surface area contributed by atoms with Gasteiger partial charge < -0.3 is 64.9 Å². The molecule has 4 rings (SSSR count). The van der Waals surface area contributed by atoms with Gasteiger partial charge in [0.1, 0.15) is 65.2 Å². The second-order valence-corrected chi connectivity index (χ2v) is 10.0. The van der Waals surface area contributed by atoms with Gasteiger partial charge in [0.2, 0.25) is 6.29 Å². The van der Waals surface area contributed by atoms with Crippen LogP contribution in [-0.2, 0) is 20.6 Å². The first-order valence-corrected chi connectivity index (χ1v) is 12.9. The van der Waals surface area contributed by atoms with Crippen molar-refractivity contribution in [1.82, 2.24) is 0 Å². The van der Waals surface area contributed by atoms with Crippen molar-refractivity contribution in [3.05, 3.63) is 47.5 Å². The molecule has 2 aromatic carbocycles. The molecule has 41 heavy (non-hydrogen) atoms. The summed E-state index contributed by atoms with van der Waals surface area (Å²) in [6, 6.07) is 8.22. The molecule has 0 aliphatic carbocycles. The molecule has 10 atom stereocenters. The number of benzene rings is 2. The summed E-state index contributed by atoms with van der Waals surface area (Å²) in [7, 11) is 0. The van der Waals surface area contributed by atoms with Gasteiger partial charge in [-0.3, -0.25) is 4.79 Å². The van der Waals surface area contributed by atoms with Crippen LogP contribution in [0.15, 0.2) is 36.4 Å². The maximum absolute atomic E-state index is 12.7. The number of rotatable bonds is 9. The Morgan fingerprint density at radius 3 is 2.07 bits per heavy atom. The number of carbonyl (C=O) groups excluding carboxylic acids is 1. The van der Waals surface area contributed by atoms with Crippen molar-refractivity contribution in [2.45, 2.75) is 81.2 Å². The zero-order valence-corrected chi connectivity index (χ0v) is 21.9. The Bertz CT molecular complexity index is 1170. The van der Waals surface area contributed by atoms with Gasteiger partial charge in [-0.05, 0) is 31.0 Å². The lowest BCUT2D eigenvalue weighted by molar-refractivity contribution is -0.354. The fourth-order valence-corrected chi connectivity index (χ4v) is 4.70. The Labute approximate surface area is 234 Å². The van der Waals surface area contributed by atoms with Crippen molar-refractivity contribution >= 4 is 5.78 Å². The highest BCUT2D eigenvalue weighted by atomic mass is 16.8.